The van der Waals surface area contributed by atoms with Gasteiger partial charge in [-0.3, -0.25) is 0 Å². The van der Waals surface area contributed by atoms with Crippen LogP contribution in [0.15, 0.2) is 22.7 Å². The fourth-order valence-corrected chi connectivity index (χ4v) is 11.2. The SMILES string of the molecule is C[C@@H]1CC[C@H]2C(CN(C)CCCN(C)CC3=C(C(F)(F)F)O[C@@H]4OC5(C)CCC6[C@H](C)CC[C@@H]3[C@]64OO5)=C(C(F)(F)F)O[C@@H]3OC4(C)CCC1[C@]32OO4. The maximum absolute atomic E-state index is 14.7. The first-order valence-corrected chi connectivity index (χ1v) is 19.2. The van der Waals surface area contributed by atoms with Gasteiger partial charge in [-0.1, -0.05) is 13.8 Å². The number of alkyl halides is 6. The third-order valence-corrected chi connectivity index (χ3v) is 13.8. The largest absolute Gasteiger partial charge is 0.456 e. The molecule has 0 aromatic carbocycles. The van der Waals surface area contributed by atoms with E-state index in [-0.39, 0.29) is 47.9 Å². The van der Waals surface area contributed by atoms with Crippen molar-refractivity contribution < 1.29 is 64.8 Å². The van der Waals surface area contributed by atoms with E-state index >= 15 is 0 Å². The lowest BCUT2D eigenvalue weighted by atomic mass is 9.59. The fraction of sp³-hybridized carbons (Fsp3) is 0.892. The van der Waals surface area contributed by atoms with Crippen LogP contribution in [0.25, 0.3) is 0 Å². The highest BCUT2D eigenvalue weighted by Crippen LogP contribution is 2.63. The number of fused-ring (bicyclic) bond motifs is 4. The van der Waals surface area contributed by atoms with Gasteiger partial charge in [0.05, 0.1) is 0 Å². The van der Waals surface area contributed by atoms with Crippen LogP contribution in [0.5, 0.6) is 0 Å². The van der Waals surface area contributed by atoms with Crippen LogP contribution in [0.3, 0.4) is 0 Å². The van der Waals surface area contributed by atoms with E-state index in [2.05, 4.69) is 13.8 Å². The molecule has 300 valence electrons. The van der Waals surface area contributed by atoms with Gasteiger partial charge in [0.15, 0.2) is 11.2 Å². The minimum atomic E-state index is -4.75. The number of ether oxygens (including phenoxy) is 4. The molecule has 2 spiro atoms. The molecule has 4 bridgehead atoms. The maximum atomic E-state index is 14.7. The van der Waals surface area contributed by atoms with Crippen LogP contribution in [0, 0.1) is 35.5 Å². The molecule has 10 rings (SSSR count). The summed E-state index contributed by atoms with van der Waals surface area (Å²) >= 11 is 0. The van der Waals surface area contributed by atoms with E-state index < -0.39 is 71.1 Å². The predicted octanol–water partition coefficient (Wildman–Crippen LogP) is 7.36. The number of hydrogen-bond acceptors (Lipinski definition) is 10. The molecule has 16 heteroatoms. The third kappa shape index (κ3) is 6.15. The van der Waals surface area contributed by atoms with Crippen molar-refractivity contribution >= 4 is 0 Å². The molecule has 0 aromatic heterocycles. The standard InChI is InChI=1S/C37H52F6N2O8/c1-20-8-10-26-22(28(36(38,39)40)46-30-34(26)24(20)12-14-32(3,48-30)50-52-34)18-44(5)16-7-17-45(6)19-23-27-11-9-21(2)25-13-15-33(4)49-31(35(25,27)53-51-33)47-29(23)37(41,42)43/h20-21,24-27,30-31H,7-19H2,1-6H3/t20-,21-,24?,25?,26+,27+,30-,31-,32?,33?,34-,35-/m1/s1. The first kappa shape index (κ1) is 38.2. The highest BCUT2D eigenvalue weighted by Gasteiger charge is 2.72. The Morgan fingerprint density at radius 2 is 1.00 bits per heavy atom. The summed E-state index contributed by atoms with van der Waals surface area (Å²) in [6, 6.07) is 0. The molecule has 8 heterocycles. The molecule has 0 radical (unpaired) electrons. The number of hydrogen-bond donors (Lipinski definition) is 0. The number of halogens is 6. The minimum Gasteiger partial charge on any atom is -0.456 e. The zero-order chi connectivity index (χ0) is 37.9. The predicted molar refractivity (Wildman–Crippen MR) is 174 cm³/mol. The van der Waals surface area contributed by atoms with Crippen molar-refractivity contribution in [2.45, 2.75) is 133 Å². The Kier molecular flexibility index (Phi) is 9.33. The molecule has 2 saturated carbocycles. The van der Waals surface area contributed by atoms with E-state index in [0.29, 0.717) is 58.0 Å². The van der Waals surface area contributed by atoms with Gasteiger partial charge in [-0.05, 0) is 109 Å². The monoisotopic (exact) mass is 766 g/mol. The average Bonchev–Trinajstić information content (AvgIpc) is 3.44. The van der Waals surface area contributed by atoms with Gasteiger partial charge < -0.3 is 28.7 Å². The molecule has 53 heavy (non-hydrogen) atoms. The fourth-order valence-electron chi connectivity index (χ4n) is 11.2. The highest BCUT2D eigenvalue weighted by molar-refractivity contribution is 5.30. The highest BCUT2D eigenvalue weighted by atomic mass is 19.4. The van der Waals surface area contributed by atoms with Gasteiger partial charge in [-0.15, -0.1) is 0 Å². The molecule has 0 aromatic rings. The Morgan fingerprint density at radius 1 is 0.604 bits per heavy atom. The van der Waals surface area contributed by atoms with Crippen molar-refractivity contribution in [1.29, 1.82) is 0 Å². The summed E-state index contributed by atoms with van der Waals surface area (Å²) in [4.78, 5) is 27.4. The second kappa shape index (κ2) is 12.9. The first-order chi connectivity index (χ1) is 24.8. The van der Waals surface area contributed by atoms with Crippen molar-refractivity contribution in [3.63, 3.8) is 0 Å². The number of nitrogens with zero attached hydrogens (tertiary/aromatic N) is 2. The molecule has 10 aliphatic rings. The van der Waals surface area contributed by atoms with Crippen molar-refractivity contribution in [3.8, 4) is 0 Å². The van der Waals surface area contributed by atoms with E-state index in [1.165, 1.54) is 0 Å². The van der Waals surface area contributed by atoms with Gasteiger partial charge in [-0.25, -0.2) is 19.6 Å². The molecule has 10 nitrogen and oxygen atoms in total. The third-order valence-electron chi connectivity index (χ3n) is 13.8. The van der Waals surface area contributed by atoms with Crippen LogP contribution in [0.1, 0.15) is 85.5 Å². The Balaban J connectivity index is 0.985. The molecule has 8 aliphatic heterocycles. The zero-order valence-electron chi connectivity index (χ0n) is 31.2. The maximum Gasteiger partial charge on any atom is 0.449 e. The van der Waals surface area contributed by atoms with Gasteiger partial charge >= 0.3 is 12.4 Å². The lowest BCUT2D eigenvalue weighted by Crippen LogP contribution is -2.67. The Hall–Kier alpha value is -1.66. The smallest absolute Gasteiger partial charge is 0.449 e. The lowest BCUT2D eigenvalue weighted by Gasteiger charge is -2.57. The van der Waals surface area contributed by atoms with E-state index in [0.717, 1.165) is 12.8 Å². The van der Waals surface area contributed by atoms with Crippen LogP contribution in [0.2, 0.25) is 0 Å². The van der Waals surface area contributed by atoms with Gasteiger partial charge in [-0.2, -0.15) is 26.3 Å². The van der Waals surface area contributed by atoms with Crippen LogP contribution in [-0.4, -0.2) is 97.8 Å². The molecule has 6 saturated heterocycles. The summed E-state index contributed by atoms with van der Waals surface area (Å²) in [5.41, 5.74) is -2.17. The van der Waals surface area contributed by atoms with Crippen molar-refractivity contribution in [1.82, 2.24) is 9.80 Å². The Bertz CT molecular complexity index is 1400. The minimum absolute atomic E-state index is 0.0293. The molecule has 8 fully saturated rings. The summed E-state index contributed by atoms with van der Waals surface area (Å²) < 4.78 is 112. The molecule has 12 atom stereocenters. The van der Waals surface area contributed by atoms with Gasteiger partial charge in [0.25, 0.3) is 0 Å². The summed E-state index contributed by atoms with van der Waals surface area (Å²) in [6.45, 7) is 8.23. The molecule has 0 N–H and O–H groups in total. The summed E-state index contributed by atoms with van der Waals surface area (Å²) in [5.74, 6) is -5.60. The second-order valence-electron chi connectivity index (χ2n) is 17.5. The normalized spacial score (nSPS) is 45.1. The average molecular weight is 767 g/mol. The molecular weight excluding hydrogens is 714 g/mol. The number of allylic oxidation sites excluding steroid dienone is 2. The zero-order valence-corrected chi connectivity index (χ0v) is 31.2. The lowest BCUT2D eigenvalue weighted by molar-refractivity contribution is -0.557. The molecular formula is C37H52F6N2O8. The van der Waals surface area contributed by atoms with E-state index in [9.17, 15) is 26.3 Å². The van der Waals surface area contributed by atoms with E-state index in [1.54, 1.807) is 27.9 Å². The Morgan fingerprint density at radius 3 is 1.38 bits per heavy atom. The first-order valence-electron chi connectivity index (χ1n) is 19.2. The second-order valence-corrected chi connectivity index (χ2v) is 17.5. The van der Waals surface area contributed by atoms with Crippen molar-refractivity contribution in [2.75, 3.05) is 40.3 Å². The van der Waals surface area contributed by atoms with Crippen LogP contribution in [0.4, 0.5) is 26.3 Å². The van der Waals surface area contributed by atoms with Gasteiger partial charge in [0, 0.05) is 49.6 Å². The van der Waals surface area contributed by atoms with Gasteiger partial charge in [0.1, 0.15) is 0 Å². The van der Waals surface area contributed by atoms with Crippen LogP contribution >= 0.6 is 0 Å². The van der Waals surface area contributed by atoms with Crippen LogP contribution in [-0.2, 0) is 38.5 Å². The van der Waals surface area contributed by atoms with Gasteiger partial charge in [0.2, 0.25) is 35.7 Å². The molecule has 4 unspecified atom stereocenters. The number of likely N-dealkylation sites (N-methyl/N-ethyl adjacent to an activating group) is 2. The van der Waals surface area contributed by atoms with Crippen molar-refractivity contribution in [2.24, 2.45) is 35.5 Å². The quantitative estimate of drug-likeness (QED) is 0.185. The van der Waals surface area contributed by atoms with Crippen molar-refractivity contribution in [3.05, 3.63) is 22.7 Å². The summed E-state index contributed by atoms with van der Waals surface area (Å²) in [5, 5.41) is 0. The van der Waals surface area contributed by atoms with Crippen LogP contribution < -0.4 is 0 Å². The topological polar surface area (TPSA) is 80.3 Å². The summed E-state index contributed by atoms with van der Waals surface area (Å²) in [6.07, 6.45) is -6.81. The van der Waals surface area contributed by atoms with E-state index in [1.807, 2.05) is 9.80 Å². The Labute approximate surface area is 306 Å². The summed E-state index contributed by atoms with van der Waals surface area (Å²) in [7, 11) is 3.49. The number of rotatable bonds is 8. The van der Waals surface area contributed by atoms with E-state index in [4.69, 9.17) is 38.5 Å². The molecule has 2 aliphatic carbocycles. The molecule has 0 amide bonds.